The molecule has 0 radical (unpaired) electrons. The summed E-state index contributed by atoms with van der Waals surface area (Å²) in [7, 11) is 0. The topological polar surface area (TPSA) is 58.6 Å². The van der Waals surface area contributed by atoms with Gasteiger partial charge >= 0.3 is 0 Å². The minimum absolute atomic E-state index is 0.00707. The highest BCUT2D eigenvalue weighted by atomic mass is 35.5. The number of carbonyl (C=O) groups is 2. The smallest absolute Gasteiger partial charge is 0.261 e. The van der Waals surface area contributed by atoms with Crippen LogP contribution in [0, 0.1) is 0 Å². The van der Waals surface area contributed by atoms with Gasteiger partial charge in [-0.3, -0.25) is 9.59 Å². The summed E-state index contributed by atoms with van der Waals surface area (Å²) in [6.45, 7) is 7.96. The van der Waals surface area contributed by atoms with Gasteiger partial charge in [-0.1, -0.05) is 49.7 Å². The number of nitrogens with zero attached hydrogens (tertiary/aromatic N) is 1. The molecule has 1 unspecified atom stereocenters. The molecule has 2 aromatic rings. The summed E-state index contributed by atoms with van der Waals surface area (Å²) in [6.07, 6.45) is 1.44. The van der Waals surface area contributed by atoms with Gasteiger partial charge in [0.15, 0.2) is 6.61 Å². The first-order chi connectivity index (χ1) is 14.3. The lowest BCUT2D eigenvalue weighted by atomic mass is 10.1. The molecule has 0 spiro atoms. The van der Waals surface area contributed by atoms with Gasteiger partial charge in [0, 0.05) is 17.6 Å². The number of carbonyl (C=O) groups excluding carboxylic acids is 2. The molecular formula is C24H31ClN2O3. The number of aryl methyl sites for hydroxylation is 1. The van der Waals surface area contributed by atoms with Crippen LogP contribution in [0.15, 0.2) is 48.5 Å². The molecular weight excluding hydrogens is 400 g/mol. The minimum Gasteiger partial charge on any atom is -0.484 e. The van der Waals surface area contributed by atoms with Crippen LogP contribution in [0.25, 0.3) is 0 Å². The van der Waals surface area contributed by atoms with E-state index in [-0.39, 0.29) is 24.5 Å². The summed E-state index contributed by atoms with van der Waals surface area (Å²) in [6, 6.07) is 14.4. The summed E-state index contributed by atoms with van der Waals surface area (Å²) in [5.74, 6) is 0.226. The summed E-state index contributed by atoms with van der Waals surface area (Å²) >= 11 is 5.98. The van der Waals surface area contributed by atoms with Crippen molar-refractivity contribution in [2.75, 3.05) is 6.61 Å². The van der Waals surface area contributed by atoms with Gasteiger partial charge in [-0.15, -0.1) is 0 Å². The van der Waals surface area contributed by atoms with Gasteiger partial charge in [-0.05, 0) is 62.1 Å². The van der Waals surface area contributed by atoms with E-state index in [1.54, 1.807) is 17.0 Å². The Balaban J connectivity index is 2.17. The van der Waals surface area contributed by atoms with Gasteiger partial charge in [-0.25, -0.2) is 0 Å². The Labute approximate surface area is 184 Å². The molecule has 6 heteroatoms. The van der Waals surface area contributed by atoms with Crippen molar-refractivity contribution in [2.45, 2.75) is 59.2 Å². The third kappa shape index (κ3) is 7.06. The fourth-order valence-electron chi connectivity index (χ4n) is 3.14. The monoisotopic (exact) mass is 430 g/mol. The number of rotatable bonds is 10. The molecule has 162 valence electrons. The first kappa shape index (κ1) is 23.7. The molecule has 0 bridgehead atoms. The van der Waals surface area contributed by atoms with Gasteiger partial charge in [-0.2, -0.15) is 0 Å². The van der Waals surface area contributed by atoms with Crippen LogP contribution in [-0.4, -0.2) is 35.4 Å². The van der Waals surface area contributed by atoms with Crippen LogP contribution in [0.2, 0.25) is 5.02 Å². The first-order valence-corrected chi connectivity index (χ1v) is 10.8. The molecule has 0 saturated carbocycles. The van der Waals surface area contributed by atoms with E-state index in [0.717, 1.165) is 12.0 Å². The van der Waals surface area contributed by atoms with Gasteiger partial charge < -0.3 is 15.0 Å². The maximum atomic E-state index is 13.1. The third-order valence-electron chi connectivity index (χ3n) is 4.78. The molecule has 30 heavy (non-hydrogen) atoms. The quantitative estimate of drug-likeness (QED) is 0.598. The Morgan fingerprint density at radius 1 is 1.00 bits per heavy atom. The van der Waals surface area contributed by atoms with Crippen LogP contribution in [0.4, 0.5) is 0 Å². The zero-order chi connectivity index (χ0) is 22.1. The molecule has 2 aromatic carbocycles. The Kier molecular flexibility index (Phi) is 9.18. The average molecular weight is 431 g/mol. The second-order valence-corrected chi connectivity index (χ2v) is 7.96. The average Bonchev–Trinajstić information content (AvgIpc) is 2.73. The molecule has 1 N–H and O–H groups in total. The number of amides is 2. The lowest BCUT2D eigenvalue weighted by Gasteiger charge is -2.31. The Bertz CT molecular complexity index is 819. The van der Waals surface area contributed by atoms with E-state index >= 15 is 0 Å². The predicted molar refractivity (Wildman–Crippen MR) is 121 cm³/mol. The molecule has 0 fully saturated rings. The third-order valence-corrected chi connectivity index (χ3v) is 5.03. The number of hydrogen-bond donors (Lipinski definition) is 1. The second kappa shape index (κ2) is 11.6. The predicted octanol–water partition coefficient (Wildman–Crippen LogP) is 4.61. The summed E-state index contributed by atoms with van der Waals surface area (Å²) in [5.41, 5.74) is 2.10. The maximum absolute atomic E-state index is 13.1. The molecule has 0 aromatic heterocycles. The van der Waals surface area contributed by atoms with Crippen LogP contribution in [0.5, 0.6) is 5.75 Å². The number of benzene rings is 2. The molecule has 0 saturated heterocycles. The SMILES string of the molecule is CCc1ccc(OCC(=O)N(Cc2ccc(Cl)cc2)C(CC)C(=O)NC(C)C)cc1. The zero-order valence-corrected chi connectivity index (χ0v) is 18.9. The van der Waals surface area contributed by atoms with Crippen molar-refractivity contribution in [3.63, 3.8) is 0 Å². The fourth-order valence-corrected chi connectivity index (χ4v) is 3.26. The standard InChI is InChI=1S/C24H31ClN2O3/c1-5-18-9-13-21(14-10-18)30-16-23(28)27(15-19-7-11-20(25)12-8-19)22(6-2)24(29)26-17(3)4/h7-14,17,22H,5-6,15-16H2,1-4H3,(H,26,29). The van der Waals surface area contributed by atoms with Crippen molar-refractivity contribution in [3.8, 4) is 5.75 Å². The molecule has 0 heterocycles. The highest BCUT2D eigenvalue weighted by molar-refractivity contribution is 6.30. The normalized spacial score (nSPS) is 11.8. The number of ether oxygens (including phenoxy) is 1. The minimum atomic E-state index is -0.582. The van der Waals surface area contributed by atoms with Crippen molar-refractivity contribution in [1.82, 2.24) is 10.2 Å². The molecule has 0 aliphatic carbocycles. The van der Waals surface area contributed by atoms with Gasteiger partial charge in [0.25, 0.3) is 5.91 Å². The molecule has 0 aliphatic rings. The highest BCUT2D eigenvalue weighted by Crippen LogP contribution is 2.17. The molecule has 2 amide bonds. The van der Waals surface area contributed by atoms with Crippen LogP contribution in [-0.2, 0) is 22.6 Å². The van der Waals surface area contributed by atoms with Crippen LogP contribution < -0.4 is 10.1 Å². The zero-order valence-electron chi connectivity index (χ0n) is 18.2. The Morgan fingerprint density at radius 3 is 2.13 bits per heavy atom. The van der Waals surface area contributed by atoms with E-state index in [1.165, 1.54) is 5.56 Å². The van der Waals surface area contributed by atoms with Crippen LogP contribution in [0.1, 0.15) is 45.2 Å². The van der Waals surface area contributed by atoms with E-state index in [2.05, 4.69) is 12.2 Å². The van der Waals surface area contributed by atoms with Crippen molar-refractivity contribution in [3.05, 3.63) is 64.7 Å². The van der Waals surface area contributed by atoms with E-state index in [0.29, 0.717) is 23.7 Å². The van der Waals surface area contributed by atoms with Gasteiger partial charge in [0.2, 0.25) is 5.91 Å². The van der Waals surface area contributed by atoms with Crippen molar-refractivity contribution in [1.29, 1.82) is 0 Å². The summed E-state index contributed by atoms with van der Waals surface area (Å²) in [4.78, 5) is 27.4. The lowest BCUT2D eigenvalue weighted by molar-refractivity contribution is -0.143. The molecule has 0 aliphatic heterocycles. The number of halogens is 1. The van der Waals surface area contributed by atoms with E-state index < -0.39 is 6.04 Å². The second-order valence-electron chi connectivity index (χ2n) is 7.52. The first-order valence-electron chi connectivity index (χ1n) is 10.4. The Hall–Kier alpha value is -2.53. The van der Waals surface area contributed by atoms with Crippen LogP contribution >= 0.6 is 11.6 Å². The molecule has 1 atom stereocenters. The number of nitrogens with one attached hydrogen (secondary N) is 1. The summed E-state index contributed by atoms with van der Waals surface area (Å²) in [5, 5.41) is 3.54. The van der Waals surface area contributed by atoms with Gasteiger partial charge in [0.05, 0.1) is 0 Å². The van der Waals surface area contributed by atoms with Crippen LogP contribution in [0.3, 0.4) is 0 Å². The van der Waals surface area contributed by atoms with E-state index in [4.69, 9.17) is 16.3 Å². The lowest BCUT2D eigenvalue weighted by Crippen LogP contribution is -2.51. The molecule has 2 rings (SSSR count). The van der Waals surface area contributed by atoms with Crippen molar-refractivity contribution in [2.24, 2.45) is 0 Å². The summed E-state index contributed by atoms with van der Waals surface area (Å²) < 4.78 is 5.72. The van der Waals surface area contributed by atoms with Crippen molar-refractivity contribution < 1.29 is 14.3 Å². The fraction of sp³-hybridized carbons (Fsp3) is 0.417. The number of hydrogen-bond acceptors (Lipinski definition) is 3. The van der Waals surface area contributed by atoms with E-state index in [1.807, 2.05) is 57.2 Å². The van der Waals surface area contributed by atoms with E-state index in [9.17, 15) is 9.59 Å². The maximum Gasteiger partial charge on any atom is 0.261 e. The van der Waals surface area contributed by atoms with Gasteiger partial charge in [0.1, 0.15) is 11.8 Å². The van der Waals surface area contributed by atoms with Crippen molar-refractivity contribution >= 4 is 23.4 Å². The largest absolute Gasteiger partial charge is 0.484 e. The Morgan fingerprint density at radius 2 is 1.60 bits per heavy atom. The highest BCUT2D eigenvalue weighted by Gasteiger charge is 2.29. The molecule has 5 nitrogen and oxygen atoms in total.